The molecule has 2 N–H and O–H groups in total. The predicted octanol–water partition coefficient (Wildman–Crippen LogP) is 3.11. The van der Waals surface area contributed by atoms with Gasteiger partial charge in [0.15, 0.2) is 0 Å². The summed E-state index contributed by atoms with van der Waals surface area (Å²) in [6.45, 7) is 10.1. The van der Waals surface area contributed by atoms with Crippen LogP contribution in [0.2, 0.25) is 0 Å². The third kappa shape index (κ3) is 2.81. The number of amides is 1. The molecule has 0 radical (unpaired) electrons. The average molecular weight is 378 g/mol. The van der Waals surface area contributed by atoms with E-state index in [1.807, 2.05) is 67.4 Å². The van der Waals surface area contributed by atoms with E-state index in [1.165, 1.54) is 0 Å². The molecule has 0 spiro atoms. The lowest BCUT2D eigenvalue weighted by Crippen LogP contribution is -2.20. The van der Waals surface area contributed by atoms with Gasteiger partial charge < -0.3 is 10.3 Å². The standard InChI is InChI=1S/C22H26N4O2/c1-6-13-25-15(4)18(21(23)27)20(17(25)7-2)19-14(3)24(5)26(22(19)28)16-11-9-8-10-12-16/h6,8-12H,1,7,13H2,2-5H3,(H2,23,27). The molecule has 0 bridgehead atoms. The van der Waals surface area contributed by atoms with Crippen molar-refractivity contribution in [1.82, 2.24) is 13.9 Å². The van der Waals surface area contributed by atoms with Crippen LogP contribution in [0.4, 0.5) is 0 Å². The van der Waals surface area contributed by atoms with E-state index in [9.17, 15) is 9.59 Å². The van der Waals surface area contributed by atoms with Crippen molar-refractivity contribution in [1.29, 1.82) is 0 Å². The molecule has 0 saturated carbocycles. The van der Waals surface area contributed by atoms with Crippen molar-refractivity contribution in [3.63, 3.8) is 0 Å². The van der Waals surface area contributed by atoms with Gasteiger partial charge in [-0.15, -0.1) is 6.58 Å². The lowest BCUT2D eigenvalue weighted by atomic mass is 9.99. The van der Waals surface area contributed by atoms with Gasteiger partial charge in [0.25, 0.3) is 11.5 Å². The molecule has 0 aliphatic carbocycles. The summed E-state index contributed by atoms with van der Waals surface area (Å²) in [5.74, 6) is -0.529. The second-order valence-electron chi connectivity index (χ2n) is 6.84. The predicted molar refractivity (Wildman–Crippen MR) is 112 cm³/mol. The third-order valence-electron chi connectivity index (χ3n) is 5.33. The van der Waals surface area contributed by atoms with Gasteiger partial charge in [0, 0.05) is 36.2 Å². The fourth-order valence-electron chi connectivity index (χ4n) is 3.97. The number of nitrogens with two attached hydrogens (primary N) is 1. The van der Waals surface area contributed by atoms with Crippen molar-refractivity contribution >= 4 is 5.91 Å². The lowest BCUT2D eigenvalue weighted by molar-refractivity contribution is 0.1000. The number of benzene rings is 1. The maximum Gasteiger partial charge on any atom is 0.279 e. The molecule has 0 saturated heterocycles. The molecule has 0 atom stereocenters. The highest BCUT2D eigenvalue weighted by Crippen LogP contribution is 2.34. The zero-order valence-electron chi connectivity index (χ0n) is 16.8. The van der Waals surface area contributed by atoms with Crippen molar-refractivity contribution in [3.8, 4) is 16.8 Å². The van der Waals surface area contributed by atoms with Crippen LogP contribution in [0.25, 0.3) is 16.8 Å². The third-order valence-corrected chi connectivity index (χ3v) is 5.33. The van der Waals surface area contributed by atoms with Gasteiger partial charge in [0.1, 0.15) is 0 Å². The number of aromatic nitrogens is 3. The molecule has 1 amide bonds. The molecule has 3 aromatic rings. The van der Waals surface area contributed by atoms with Crippen LogP contribution in [0.1, 0.15) is 34.4 Å². The van der Waals surface area contributed by atoms with E-state index in [2.05, 4.69) is 6.58 Å². The first kappa shape index (κ1) is 19.5. The minimum Gasteiger partial charge on any atom is -0.366 e. The van der Waals surface area contributed by atoms with Gasteiger partial charge in [-0.05, 0) is 32.4 Å². The van der Waals surface area contributed by atoms with Crippen LogP contribution in [-0.4, -0.2) is 19.8 Å². The quantitative estimate of drug-likeness (QED) is 0.669. The second-order valence-corrected chi connectivity index (χ2v) is 6.84. The lowest BCUT2D eigenvalue weighted by Gasteiger charge is -2.09. The van der Waals surface area contributed by atoms with E-state index < -0.39 is 5.91 Å². The minimum absolute atomic E-state index is 0.167. The zero-order chi connectivity index (χ0) is 20.6. The summed E-state index contributed by atoms with van der Waals surface area (Å²) in [5.41, 5.74) is 10.4. The van der Waals surface area contributed by atoms with Crippen molar-refractivity contribution in [2.24, 2.45) is 12.8 Å². The van der Waals surface area contributed by atoms with E-state index in [1.54, 1.807) is 10.8 Å². The number of para-hydroxylation sites is 1. The Morgan fingerprint density at radius 2 is 1.79 bits per heavy atom. The van der Waals surface area contributed by atoms with Crippen molar-refractivity contribution < 1.29 is 4.79 Å². The average Bonchev–Trinajstić information content (AvgIpc) is 3.06. The van der Waals surface area contributed by atoms with Gasteiger partial charge >= 0.3 is 0 Å². The smallest absolute Gasteiger partial charge is 0.279 e. The Morgan fingerprint density at radius 3 is 2.32 bits per heavy atom. The van der Waals surface area contributed by atoms with Gasteiger partial charge in [-0.3, -0.25) is 14.3 Å². The Balaban J connectivity index is 2.43. The number of carbonyl (C=O) groups is 1. The minimum atomic E-state index is -0.529. The number of hydrogen-bond donors (Lipinski definition) is 1. The largest absolute Gasteiger partial charge is 0.366 e. The molecule has 2 aromatic heterocycles. The normalized spacial score (nSPS) is 11.0. The molecule has 6 heteroatoms. The number of allylic oxidation sites excluding steroid dienone is 1. The van der Waals surface area contributed by atoms with E-state index in [0.29, 0.717) is 29.7 Å². The summed E-state index contributed by atoms with van der Waals surface area (Å²) >= 11 is 0. The van der Waals surface area contributed by atoms with Crippen LogP contribution in [-0.2, 0) is 20.0 Å². The fraction of sp³-hybridized carbons (Fsp3) is 0.273. The van der Waals surface area contributed by atoms with Crippen molar-refractivity contribution in [2.75, 3.05) is 0 Å². The summed E-state index contributed by atoms with van der Waals surface area (Å²) in [4.78, 5) is 25.8. The topological polar surface area (TPSA) is 74.9 Å². The molecular weight excluding hydrogens is 352 g/mol. The van der Waals surface area contributed by atoms with E-state index >= 15 is 0 Å². The van der Waals surface area contributed by atoms with Crippen LogP contribution >= 0.6 is 0 Å². The first-order valence-corrected chi connectivity index (χ1v) is 9.32. The molecule has 28 heavy (non-hydrogen) atoms. The first-order chi connectivity index (χ1) is 13.3. The molecule has 0 fully saturated rings. The monoisotopic (exact) mass is 378 g/mol. The SMILES string of the molecule is C=CCn1c(C)c(C(N)=O)c(-c2c(C)n(C)n(-c3ccccc3)c2=O)c1CC. The van der Waals surface area contributed by atoms with Crippen LogP contribution < -0.4 is 11.3 Å². The molecule has 146 valence electrons. The summed E-state index contributed by atoms with van der Waals surface area (Å²) in [6, 6.07) is 9.45. The van der Waals surface area contributed by atoms with Gasteiger partial charge in [-0.2, -0.15) is 0 Å². The van der Waals surface area contributed by atoms with Gasteiger partial charge in [-0.1, -0.05) is 31.2 Å². The van der Waals surface area contributed by atoms with Gasteiger partial charge in [-0.25, -0.2) is 4.68 Å². The molecule has 3 rings (SSSR count). The van der Waals surface area contributed by atoms with Gasteiger partial charge in [0.2, 0.25) is 0 Å². The molecule has 6 nitrogen and oxygen atoms in total. The Kier molecular flexibility index (Phi) is 5.14. The number of hydrogen-bond acceptors (Lipinski definition) is 2. The van der Waals surface area contributed by atoms with E-state index in [0.717, 1.165) is 22.8 Å². The molecule has 0 aliphatic heterocycles. The maximum atomic E-state index is 13.5. The summed E-state index contributed by atoms with van der Waals surface area (Å²) in [7, 11) is 1.84. The number of primary amides is 1. The fourth-order valence-corrected chi connectivity index (χ4v) is 3.97. The number of nitrogens with zero attached hydrogens (tertiary/aromatic N) is 3. The van der Waals surface area contributed by atoms with E-state index in [-0.39, 0.29) is 5.56 Å². The highest BCUT2D eigenvalue weighted by molar-refractivity contribution is 6.02. The van der Waals surface area contributed by atoms with Gasteiger partial charge in [0.05, 0.1) is 16.8 Å². The Labute approximate surface area is 164 Å². The van der Waals surface area contributed by atoms with Crippen LogP contribution in [0.15, 0.2) is 47.8 Å². The Bertz CT molecular complexity index is 1110. The molecule has 1 aromatic carbocycles. The maximum absolute atomic E-state index is 13.5. The highest BCUT2D eigenvalue weighted by Gasteiger charge is 2.29. The second kappa shape index (κ2) is 7.38. The number of carbonyl (C=O) groups excluding carboxylic acids is 1. The van der Waals surface area contributed by atoms with Crippen LogP contribution in [0, 0.1) is 13.8 Å². The zero-order valence-corrected chi connectivity index (χ0v) is 16.8. The highest BCUT2D eigenvalue weighted by atomic mass is 16.1. The van der Waals surface area contributed by atoms with Crippen LogP contribution in [0.5, 0.6) is 0 Å². The molecule has 2 heterocycles. The molecular formula is C22H26N4O2. The van der Waals surface area contributed by atoms with Crippen molar-refractivity contribution in [3.05, 3.63) is 76.0 Å². The molecule has 0 unspecified atom stereocenters. The Hall–Kier alpha value is -3.28. The van der Waals surface area contributed by atoms with E-state index in [4.69, 9.17) is 5.73 Å². The first-order valence-electron chi connectivity index (χ1n) is 9.32. The Morgan fingerprint density at radius 1 is 1.14 bits per heavy atom. The van der Waals surface area contributed by atoms with Crippen molar-refractivity contribution in [2.45, 2.75) is 33.7 Å². The summed E-state index contributed by atoms with van der Waals surface area (Å²) in [5, 5.41) is 0. The molecule has 0 aliphatic rings. The summed E-state index contributed by atoms with van der Waals surface area (Å²) in [6.07, 6.45) is 2.44. The van der Waals surface area contributed by atoms with Crippen LogP contribution in [0.3, 0.4) is 0 Å². The summed E-state index contributed by atoms with van der Waals surface area (Å²) < 4.78 is 5.45. The number of rotatable bonds is 6.